The molecule has 0 spiro atoms. The van der Waals surface area contributed by atoms with Crippen LogP contribution in [-0.2, 0) is 19.6 Å². The first kappa shape index (κ1) is 18.2. The van der Waals surface area contributed by atoms with Gasteiger partial charge in [-0.25, -0.2) is 13.1 Å². The Morgan fingerprint density at radius 2 is 1.65 bits per heavy atom. The number of carbonyl (C=O) groups is 2. The summed E-state index contributed by atoms with van der Waals surface area (Å²) in [6.07, 6.45) is 4.71. The predicted octanol–water partition coefficient (Wildman–Crippen LogP) is 0.208. The summed E-state index contributed by atoms with van der Waals surface area (Å²) in [5.41, 5.74) is 5.26. The van der Waals surface area contributed by atoms with E-state index in [2.05, 4.69) is 11.6 Å². The molecule has 1 heterocycles. The highest BCUT2D eigenvalue weighted by molar-refractivity contribution is 7.90. The summed E-state index contributed by atoms with van der Waals surface area (Å²) in [6.45, 7) is 2.95. The van der Waals surface area contributed by atoms with Crippen molar-refractivity contribution in [1.29, 1.82) is 0 Å². The number of nitrogens with zero attached hydrogens (tertiary/aromatic N) is 1. The number of sulfonamides is 1. The summed E-state index contributed by atoms with van der Waals surface area (Å²) >= 11 is 0. The Balaban J connectivity index is 1.81. The molecule has 132 valence electrons. The molecule has 1 saturated carbocycles. The molecule has 2 amide bonds. The number of amides is 2. The maximum absolute atomic E-state index is 12.2. The second-order valence-electron chi connectivity index (χ2n) is 6.89. The summed E-state index contributed by atoms with van der Waals surface area (Å²) in [5, 5.41) is 0. The molecule has 0 bridgehead atoms. The minimum absolute atomic E-state index is 0.0513. The van der Waals surface area contributed by atoms with Crippen molar-refractivity contribution in [2.75, 3.05) is 18.8 Å². The van der Waals surface area contributed by atoms with Crippen molar-refractivity contribution in [1.82, 2.24) is 9.62 Å². The smallest absolute Gasteiger partial charge is 0.239 e. The fourth-order valence-electron chi connectivity index (χ4n) is 3.34. The van der Waals surface area contributed by atoms with Crippen LogP contribution in [0.15, 0.2) is 0 Å². The zero-order valence-electron chi connectivity index (χ0n) is 13.7. The SMILES string of the molecule is CC1CCC(NS(=O)(=O)CC(=O)N2CCC(C(N)=O)CC2)CC1. The van der Waals surface area contributed by atoms with Gasteiger partial charge in [0.1, 0.15) is 5.75 Å². The molecular formula is C15H27N3O4S. The van der Waals surface area contributed by atoms with Crippen LogP contribution in [0, 0.1) is 11.8 Å². The summed E-state index contributed by atoms with van der Waals surface area (Å²) in [4.78, 5) is 24.8. The highest BCUT2D eigenvalue weighted by Gasteiger charge is 2.30. The van der Waals surface area contributed by atoms with E-state index in [1.54, 1.807) is 0 Å². The van der Waals surface area contributed by atoms with Gasteiger partial charge in [0.15, 0.2) is 0 Å². The maximum atomic E-state index is 12.2. The summed E-state index contributed by atoms with van der Waals surface area (Å²) in [5.74, 6) is -0.829. The summed E-state index contributed by atoms with van der Waals surface area (Å²) in [7, 11) is -3.61. The monoisotopic (exact) mass is 345 g/mol. The Bertz CT molecular complexity index is 533. The Labute approximate surface area is 138 Å². The molecule has 23 heavy (non-hydrogen) atoms. The van der Waals surface area contributed by atoms with Crippen molar-refractivity contribution >= 4 is 21.8 Å². The standard InChI is InChI=1S/C15H27N3O4S/c1-11-2-4-13(5-3-11)17-23(21,22)10-14(19)18-8-6-12(7-9-18)15(16)20/h11-13,17H,2-10H2,1H3,(H2,16,20). The molecule has 0 aromatic rings. The lowest BCUT2D eigenvalue weighted by Crippen LogP contribution is -2.47. The molecule has 1 aliphatic heterocycles. The molecule has 2 fully saturated rings. The van der Waals surface area contributed by atoms with Gasteiger partial charge >= 0.3 is 0 Å². The Hall–Kier alpha value is -1.15. The van der Waals surface area contributed by atoms with Crippen LogP contribution in [0.1, 0.15) is 45.4 Å². The van der Waals surface area contributed by atoms with Gasteiger partial charge in [0.25, 0.3) is 0 Å². The number of likely N-dealkylation sites (tertiary alicyclic amines) is 1. The van der Waals surface area contributed by atoms with Gasteiger partial charge in [0, 0.05) is 25.0 Å². The number of nitrogens with one attached hydrogen (secondary N) is 1. The highest BCUT2D eigenvalue weighted by atomic mass is 32.2. The molecule has 7 nitrogen and oxygen atoms in total. The molecule has 1 aliphatic carbocycles. The van der Waals surface area contributed by atoms with Gasteiger partial charge in [-0.15, -0.1) is 0 Å². The van der Waals surface area contributed by atoms with Gasteiger partial charge < -0.3 is 10.6 Å². The molecule has 2 rings (SSSR count). The Morgan fingerprint density at radius 1 is 1.09 bits per heavy atom. The van der Waals surface area contributed by atoms with Crippen molar-refractivity contribution in [3.63, 3.8) is 0 Å². The Kier molecular flexibility index (Phi) is 6.02. The summed E-state index contributed by atoms with van der Waals surface area (Å²) < 4.78 is 27.0. The van der Waals surface area contributed by atoms with Crippen molar-refractivity contribution in [2.45, 2.75) is 51.5 Å². The number of hydrogen-bond donors (Lipinski definition) is 2. The first-order chi connectivity index (χ1) is 10.8. The predicted molar refractivity (Wildman–Crippen MR) is 86.8 cm³/mol. The number of carbonyl (C=O) groups excluding carboxylic acids is 2. The van der Waals surface area contributed by atoms with E-state index in [0.29, 0.717) is 31.8 Å². The molecule has 8 heteroatoms. The van der Waals surface area contributed by atoms with Gasteiger partial charge in [0.2, 0.25) is 21.8 Å². The van der Waals surface area contributed by atoms with Crippen LogP contribution in [0.2, 0.25) is 0 Å². The third-order valence-corrected chi connectivity index (χ3v) is 6.25. The number of primary amides is 1. The van der Waals surface area contributed by atoms with E-state index in [-0.39, 0.29) is 17.9 Å². The first-order valence-corrected chi connectivity index (χ1v) is 9.99. The second-order valence-corrected chi connectivity index (χ2v) is 8.65. The third kappa shape index (κ3) is 5.46. The lowest BCUT2D eigenvalue weighted by molar-refractivity contribution is -0.132. The highest BCUT2D eigenvalue weighted by Crippen LogP contribution is 2.24. The molecule has 0 aromatic carbocycles. The van der Waals surface area contributed by atoms with Crippen LogP contribution in [0.25, 0.3) is 0 Å². The van der Waals surface area contributed by atoms with E-state index < -0.39 is 21.7 Å². The molecule has 0 radical (unpaired) electrons. The van der Waals surface area contributed by atoms with Crippen LogP contribution < -0.4 is 10.5 Å². The normalized spacial score (nSPS) is 26.9. The van der Waals surface area contributed by atoms with E-state index >= 15 is 0 Å². The molecule has 1 saturated heterocycles. The number of rotatable bonds is 5. The largest absolute Gasteiger partial charge is 0.369 e. The van der Waals surface area contributed by atoms with E-state index in [1.807, 2.05) is 0 Å². The zero-order valence-corrected chi connectivity index (χ0v) is 14.5. The van der Waals surface area contributed by atoms with Crippen molar-refractivity contribution in [3.8, 4) is 0 Å². The van der Waals surface area contributed by atoms with Gasteiger partial charge in [0.05, 0.1) is 0 Å². The second kappa shape index (κ2) is 7.61. The third-order valence-electron chi connectivity index (χ3n) is 4.93. The molecule has 0 unspecified atom stereocenters. The zero-order chi connectivity index (χ0) is 17.0. The fourth-order valence-corrected chi connectivity index (χ4v) is 4.68. The number of nitrogens with two attached hydrogens (primary N) is 1. The molecule has 2 aliphatic rings. The number of piperidine rings is 1. The van der Waals surface area contributed by atoms with E-state index in [1.165, 1.54) is 4.90 Å². The van der Waals surface area contributed by atoms with E-state index in [4.69, 9.17) is 5.73 Å². The topological polar surface area (TPSA) is 110 Å². The average molecular weight is 345 g/mol. The van der Waals surface area contributed by atoms with Crippen LogP contribution in [0.4, 0.5) is 0 Å². The van der Waals surface area contributed by atoms with Crippen molar-refractivity contribution in [2.24, 2.45) is 17.6 Å². The van der Waals surface area contributed by atoms with Gasteiger partial charge in [-0.1, -0.05) is 6.92 Å². The van der Waals surface area contributed by atoms with Crippen LogP contribution in [0.5, 0.6) is 0 Å². The van der Waals surface area contributed by atoms with E-state index in [0.717, 1.165) is 25.7 Å². The molecule has 0 atom stereocenters. The first-order valence-electron chi connectivity index (χ1n) is 8.34. The fraction of sp³-hybridized carbons (Fsp3) is 0.867. The minimum atomic E-state index is -3.61. The van der Waals surface area contributed by atoms with Crippen LogP contribution in [-0.4, -0.2) is 50.0 Å². The van der Waals surface area contributed by atoms with Crippen LogP contribution in [0.3, 0.4) is 0 Å². The van der Waals surface area contributed by atoms with Crippen LogP contribution >= 0.6 is 0 Å². The minimum Gasteiger partial charge on any atom is -0.369 e. The molecular weight excluding hydrogens is 318 g/mol. The Morgan fingerprint density at radius 3 is 2.17 bits per heavy atom. The lowest BCUT2D eigenvalue weighted by Gasteiger charge is -2.31. The quantitative estimate of drug-likeness (QED) is 0.742. The molecule has 0 aromatic heterocycles. The molecule has 3 N–H and O–H groups in total. The van der Waals surface area contributed by atoms with Gasteiger partial charge in [-0.2, -0.15) is 0 Å². The maximum Gasteiger partial charge on any atom is 0.239 e. The van der Waals surface area contributed by atoms with Gasteiger partial charge in [-0.05, 0) is 44.4 Å². The van der Waals surface area contributed by atoms with Crippen molar-refractivity contribution in [3.05, 3.63) is 0 Å². The van der Waals surface area contributed by atoms with E-state index in [9.17, 15) is 18.0 Å². The lowest BCUT2D eigenvalue weighted by atomic mass is 9.88. The average Bonchev–Trinajstić information content (AvgIpc) is 2.49. The summed E-state index contributed by atoms with van der Waals surface area (Å²) in [6, 6.07) is -0.0513. The van der Waals surface area contributed by atoms with Gasteiger partial charge in [-0.3, -0.25) is 9.59 Å². The number of hydrogen-bond acceptors (Lipinski definition) is 4. The van der Waals surface area contributed by atoms with Crippen molar-refractivity contribution < 1.29 is 18.0 Å².